The lowest BCUT2D eigenvalue weighted by Gasteiger charge is -2.08. The molecule has 0 saturated heterocycles. The van der Waals surface area contributed by atoms with E-state index in [9.17, 15) is 9.18 Å². The number of halogens is 2. The normalized spacial score (nSPS) is 10.9. The molecule has 19 heavy (non-hydrogen) atoms. The Morgan fingerprint density at radius 3 is 3.00 bits per heavy atom. The van der Waals surface area contributed by atoms with E-state index in [4.69, 9.17) is 11.6 Å². The maximum atomic E-state index is 13.1. The fourth-order valence-electron chi connectivity index (χ4n) is 1.90. The van der Waals surface area contributed by atoms with Crippen molar-refractivity contribution in [3.63, 3.8) is 0 Å². The Balaban J connectivity index is 2.32. The summed E-state index contributed by atoms with van der Waals surface area (Å²) in [5.74, 6) is 0.289. The van der Waals surface area contributed by atoms with Crippen molar-refractivity contribution < 1.29 is 9.18 Å². The van der Waals surface area contributed by atoms with Crippen molar-refractivity contribution >= 4 is 28.5 Å². The van der Waals surface area contributed by atoms with Crippen LogP contribution in [0.4, 0.5) is 4.39 Å². The summed E-state index contributed by atoms with van der Waals surface area (Å²) in [5.41, 5.74) is 1.22. The number of alkyl halides is 1. The summed E-state index contributed by atoms with van der Waals surface area (Å²) in [4.78, 5) is 16.0. The van der Waals surface area contributed by atoms with Crippen LogP contribution in [-0.4, -0.2) is 22.0 Å². The molecule has 1 N–H and O–H groups in total. The van der Waals surface area contributed by atoms with E-state index in [0.29, 0.717) is 23.4 Å². The van der Waals surface area contributed by atoms with Crippen molar-refractivity contribution in [2.45, 2.75) is 25.8 Å². The van der Waals surface area contributed by atoms with Gasteiger partial charge in [0.05, 0.1) is 16.9 Å². The quantitative estimate of drug-likeness (QED) is 0.857. The van der Waals surface area contributed by atoms with Gasteiger partial charge in [-0.15, -0.1) is 11.6 Å². The third-order valence-corrected chi connectivity index (χ3v) is 3.02. The van der Waals surface area contributed by atoms with Crippen LogP contribution in [0, 0.1) is 5.82 Å². The first-order chi connectivity index (χ1) is 9.15. The van der Waals surface area contributed by atoms with E-state index in [-0.39, 0.29) is 24.1 Å². The van der Waals surface area contributed by atoms with Crippen LogP contribution in [0.1, 0.15) is 19.2 Å². The molecule has 0 aliphatic heterocycles. The zero-order valence-electron chi connectivity index (χ0n) is 10.6. The second kappa shape index (κ2) is 6.02. The zero-order valence-corrected chi connectivity index (χ0v) is 11.4. The third kappa shape index (κ3) is 3.04. The molecule has 1 heterocycles. The number of hydrogen-bond acceptors (Lipinski definition) is 2. The van der Waals surface area contributed by atoms with E-state index in [2.05, 4.69) is 10.3 Å². The minimum Gasteiger partial charge on any atom is -0.355 e. The summed E-state index contributed by atoms with van der Waals surface area (Å²) >= 11 is 5.82. The van der Waals surface area contributed by atoms with Crippen molar-refractivity contribution in [2.75, 3.05) is 6.54 Å². The number of amides is 1. The zero-order chi connectivity index (χ0) is 13.8. The first kappa shape index (κ1) is 13.8. The number of imidazole rings is 1. The maximum absolute atomic E-state index is 13.1. The van der Waals surface area contributed by atoms with E-state index in [1.807, 2.05) is 6.92 Å². The monoisotopic (exact) mass is 283 g/mol. The molecular weight excluding hydrogens is 269 g/mol. The van der Waals surface area contributed by atoms with Crippen molar-refractivity contribution in [1.82, 2.24) is 14.9 Å². The molecule has 0 spiro atoms. The van der Waals surface area contributed by atoms with Gasteiger partial charge in [0.2, 0.25) is 5.91 Å². The molecule has 2 aromatic rings. The average Bonchev–Trinajstić information content (AvgIpc) is 2.73. The van der Waals surface area contributed by atoms with Crippen LogP contribution in [-0.2, 0) is 17.2 Å². The Morgan fingerprint density at radius 1 is 1.53 bits per heavy atom. The molecule has 0 aliphatic carbocycles. The number of hydrogen-bond donors (Lipinski definition) is 1. The lowest BCUT2D eigenvalue weighted by molar-refractivity contribution is -0.121. The minimum atomic E-state index is -0.353. The predicted octanol–water partition coefficient (Wildman–Crippen LogP) is 2.44. The molecule has 0 atom stereocenters. The number of carbonyl (C=O) groups excluding carboxylic acids is 1. The van der Waals surface area contributed by atoms with Crippen LogP contribution in [0.5, 0.6) is 0 Å². The number of nitrogens with zero attached hydrogens (tertiary/aromatic N) is 2. The third-order valence-electron chi connectivity index (χ3n) is 2.78. The van der Waals surface area contributed by atoms with Gasteiger partial charge in [-0.2, -0.15) is 0 Å². The highest BCUT2D eigenvalue weighted by molar-refractivity contribution is 6.16. The second-order valence-corrected chi connectivity index (χ2v) is 4.50. The van der Waals surface area contributed by atoms with Gasteiger partial charge in [0.1, 0.15) is 18.2 Å². The van der Waals surface area contributed by atoms with Crippen LogP contribution in [0.3, 0.4) is 0 Å². The van der Waals surface area contributed by atoms with Gasteiger partial charge in [-0.3, -0.25) is 4.79 Å². The Bertz CT molecular complexity index is 597. The lowest BCUT2D eigenvalue weighted by Crippen LogP contribution is -2.28. The molecule has 0 fully saturated rings. The number of nitrogens with one attached hydrogen (secondary N) is 1. The van der Waals surface area contributed by atoms with Gasteiger partial charge in [0.15, 0.2) is 0 Å². The highest BCUT2D eigenvalue weighted by atomic mass is 35.5. The molecule has 6 heteroatoms. The Morgan fingerprint density at radius 2 is 2.32 bits per heavy atom. The maximum Gasteiger partial charge on any atom is 0.240 e. The smallest absolute Gasteiger partial charge is 0.240 e. The molecule has 0 radical (unpaired) electrons. The Kier molecular flexibility index (Phi) is 4.37. The van der Waals surface area contributed by atoms with Gasteiger partial charge >= 0.3 is 0 Å². The van der Waals surface area contributed by atoms with Gasteiger partial charge in [0, 0.05) is 12.6 Å². The lowest BCUT2D eigenvalue weighted by atomic mass is 10.3. The van der Waals surface area contributed by atoms with Crippen LogP contribution < -0.4 is 5.32 Å². The van der Waals surface area contributed by atoms with E-state index in [1.165, 1.54) is 12.1 Å². The van der Waals surface area contributed by atoms with Crippen LogP contribution >= 0.6 is 11.6 Å². The summed E-state index contributed by atoms with van der Waals surface area (Å²) in [6, 6.07) is 4.30. The highest BCUT2D eigenvalue weighted by Crippen LogP contribution is 2.18. The molecule has 0 bridgehead atoms. The summed E-state index contributed by atoms with van der Waals surface area (Å²) in [6.45, 7) is 2.76. The van der Waals surface area contributed by atoms with Crippen molar-refractivity contribution in [3.8, 4) is 0 Å². The van der Waals surface area contributed by atoms with Gasteiger partial charge in [-0.1, -0.05) is 6.92 Å². The van der Waals surface area contributed by atoms with Crippen LogP contribution in [0.25, 0.3) is 11.0 Å². The average molecular weight is 284 g/mol. The van der Waals surface area contributed by atoms with Crippen LogP contribution in [0.2, 0.25) is 0 Å². The predicted molar refractivity (Wildman–Crippen MR) is 72.5 cm³/mol. The van der Waals surface area contributed by atoms with E-state index in [0.717, 1.165) is 6.42 Å². The topological polar surface area (TPSA) is 46.9 Å². The largest absolute Gasteiger partial charge is 0.355 e. The summed E-state index contributed by atoms with van der Waals surface area (Å²) < 4.78 is 14.9. The fraction of sp³-hybridized carbons (Fsp3) is 0.385. The fourth-order valence-corrected chi connectivity index (χ4v) is 2.10. The molecule has 1 amide bonds. The second-order valence-electron chi connectivity index (χ2n) is 4.23. The number of aromatic nitrogens is 2. The van der Waals surface area contributed by atoms with E-state index in [1.54, 1.807) is 10.6 Å². The first-order valence-electron chi connectivity index (χ1n) is 6.13. The molecule has 0 saturated carbocycles. The summed E-state index contributed by atoms with van der Waals surface area (Å²) in [6.07, 6.45) is 0.879. The molecule has 4 nitrogen and oxygen atoms in total. The van der Waals surface area contributed by atoms with E-state index >= 15 is 0 Å². The van der Waals surface area contributed by atoms with Gasteiger partial charge in [-0.05, 0) is 18.6 Å². The summed E-state index contributed by atoms with van der Waals surface area (Å²) in [5, 5.41) is 2.79. The number of benzene rings is 1. The number of rotatable bonds is 5. The molecule has 1 aromatic carbocycles. The van der Waals surface area contributed by atoms with Gasteiger partial charge in [-0.25, -0.2) is 9.37 Å². The molecule has 2 rings (SSSR count). The van der Waals surface area contributed by atoms with Crippen molar-refractivity contribution in [1.29, 1.82) is 0 Å². The first-order valence-corrected chi connectivity index (χ1v) is 6.66. The van der Waals surface area contributed by atoms with Crippen molar-refractivity contribution in [2.24, 2.45) is 0 Å². The Hall–Kier alpha value is -1.62. The highest BCUT2D eigenvalue weighted by Gasteiger charge is 2.13. The summed E-state index contributed by atoms with van der Waals surface area (Å²) in [7, 11) is 0. The van der Waals surface area contributed by atoms with Gasteiger partial charge in [0.25, 0.3) is 0 Å². The number of fused-ring (bicyclic) bond motifs is 1. The standard InChI is InChI=1S/C13H15ClFN3O/c1-2-5-16-13(19)8-18-11-4-3-9(15)6-10(11)17-12(18)7-14/h3-4,6H,2,5,7-8H2,1H3,(H,16,19). The molecule has 0 aliphatic rings. The van der Waals surface area contributed by atoms with Crippen LogP contribution in [0.15, 0.2) is 18.2 Å². The van der Waals surface area contributed by atoms with Gasteiger partial charge < -0.3 is 9.88 Å². The number of carbonyl (C=O) groups is 1. The minimum absolute atomic E-state index is 0.100. The SMILES string of the molecule is CCCNC(=O)Cn1c(CCl)nc2cc(F)ccc21. The Labute approximate surface area is 115 Å². The molecular formula is C13H15ClFN3O. The molecule has 1 aromatic heterocycles. The van der Waals surface area contributed by atoms with E-state index < -0.39 is 0 Å². The molecule has 102 valence electrons. The molecule has 0 unspecified atom stereocenters. The van der Waals surface area contributed by atoms with Crippen molar-refractivity contribution in [3.05, 3.63) is 29.8 Å².